The van der Waals surface area contributed by atoms with Gasteiger partial charge in [0.05, 0.1) is 5.92 Å². The van der Waals surface area contributed by atoms with Crippen LogP contribution in [0.1, 0.15) is 32.1 Å². The summed E-state index contributed by atoms with van der Waals surface area (Å²) in [6.07, 6.45) is 11.5. The number of carboxylic acid groups (broad SMARTS) is 1. The van der Waals surface area contributed by atoms with Gasteiger partial charge in [0.2, 0.25) is 0 Å². The van der Waals surface area contributed by atoms with E-state index in [1.165, 1.54) is 31.4 Å². The third-order valence-corrected chi connectivity index (χ3v) is 3.90. The number of carbonyl (C=O) groups is 1. The average molecular weight is 279 g/mol. The molecular formula is C16H22FNO2. The Bertz CT molecular complexity index is 434. The second-order valence-electron chi connectivity index (χ2n) is 5.46. The normalized spacial score (nSPS) is 23.9. The Hall–Kier alpha value is -1.42. The number of hydrogen-bond acceptors (Lipinski definition) is 2. The van der Waals surface area contributed by atoms with Crippen LogP contribution in [-0.2, 0) is 4.79 Å². The third kappa shape index (κ3) is 4.30. The van der Waals surface area contributed by atoms with Gasteiger partial charge < -0.3 is 10.0 Å². The summed E-state index contributed by atoms with van der Waals surface area (Å²) >= 11 is 0. The first kappa shape index (κ1) is 15.0. The average Bonchev–Trinajstić information content (AvgIpc) is 2.63. The minimum atomic E-state index is -1.01. The highest BCUT2D eigenvalue weighted by Gasteiger charge is 2.16. The molecule has 4 heteroatoms. The van der Waals surface area contributed by atoms with E-state index in [0.29, 0.717) is 12.0 Å². The first-order chi connectivity index (χ1) is 9.66. The van der Waals surface area contributed by atoms with E-state index in [1.807, 2.05) is 0 Å². The molecule has 1 aliphatic carbocycles. The molecule has 0 amide bonds. The highest BCUT2D eigenvalue weighted by atomic mass is 19.1. The maximum absolute atomic E-state index is 14.0. The van der Waals surface area contributed by atoms with Gasteiger partial charge in [0.1, 0.15) is 5.83 Å². The summed E-state index contributed by atoms with van der Waals surface area (Å²) in [7, 11) is 0. The zero-order valence-electron chi connectivity index (χ0n) is 11.7. The molecule has 0 aromatic carbocycles. The summed E-state index contributed by atoms with van der Waals surface area (Å²) in [4.78, 5) is 13.3. The monoisotopic (exact) mass is 279 g/mol. The van der Waals surface area contributed by atoms with Gasteiger partial charge in [-0.25, -0.2) is 4.39 Å². The van der Waals surface area contributed by atoms with E-state index in [4.69, 9.17) is 5.11 Å². The maximum atomic E-state index is 14.0. The molecule has 0 aromatic rings. The standard InChI is InChI=1S/C16H22FNO2/c17-15-12-14(16(19)20)7-4-6-13(15)8-5-11-18-9-2-1-3-10-18/h4,6-7,12,14H,1-3,5,8-11H2,(H,19,20). The summed E-state index contributed by atoms with van der Waals surface area (Å²) in [5, 5.41) is 8.92. The van der Waals surface area contributed by atoms with Crippen LogP contribution in [0.25, 0.3) is 0 Å². The highest BCUT2D eigenvalue weighted by molar-refractivity contribution is 5.75. The molecule has 2 rings (SSSR count). The summed E-state index contributed by atoms with van der Waals surface area (Å²) in [5.41, 5.74) is 0.613. The fraction of sp³-hybridized carbons (Fsp3) is 0.562. The molecule has 0 saturated carbocycles. The molecule has 3 nitrogen and oxygen atoms in total. The number of rotatable bonds is 5. The Kier molecular flexibility index (Phi) is 5.53. The number of aliphatic carboxylic acids is 1. The molecule has 0 radical (unpaired) electrons. The van der Waals surface area contributed by atoms with Crippen LogP contribution in [0.4, 0.5) is 4.39 Å². The van der Waals surface area contributed by atoms with Crippen molar-refractivity contribution in [1.82, 2.24) is 4.90 Å². The summed E-state index contributed by atoms with van der Waals surface area (Å²) in [5.74, 6) is -2.26. The zero-order valence-corrected chi connectivity index (χ0v) is 11.7. The van der Waals surface area contributed by atoms with Crippen molar-refractivity contribution in [2.45, 2.75) is 32.1 Å². The number of likely N-dealkylation sites (tertiary alicyclic amines) is 1. The lowest BCUT2D eigenvalue weighted by Crippen LogP contribution is -2.30. The molecule has 0 bridgehead atoms. The third-order valence-electron chi connectivity index (χ3n) is 3.90. The van der Waals surface area contributed by atoms with Gasteiger partial charge in [-0.3, -0.25) is 4.79 Å². The molecule has 1 saturated heterocycles. The van der Waals surface area contributed by atoms with Crippen molar-refractivity contribution in [3.63, 3.8) is 0 Å². The molecule has 1 atom stereocenters. The predicted molar refractivity (Wildman–Crippen MR) is 77.1 cm³/mol. The van der Waals surface area contributed by atoms with Crippen molar-refractivity contribution in [2.75, 3.05) is 19.6 Å². The van der Waals surface area contributed by atoms with Crippen LogP contribution >= 0.6 is 0 Å². The van der Waals surface area contributed by atoms with E-state index in [2.05, 4.69) is 4.90 Å². The van der Waals surface area contributed by atoms with Gasteiger partial charge in [-0.15, -0.1) is 0 Å². The number of hydrogen-bond donors (Lipinski definition) is 1. The van der Waals surface area contributed by atoms with E-state index in [0.717, 1.165) is 26.1 Å². The molecular weight excluding hydrogens is 257 g/mol. The highest BCUT2D eigenvalue weighted by Crippen LogP contribution is 2.23. The quantitative estimate of drug-likeness (QED) is 0.839. The Labute approximate surface area is 119 Å². The molecule has 20 heavy (non-hydrogen) atoms. The van der Waals surface area contributed by atoms with Gasteiger partial charge in [0.25, 0.3) is 0 Å². The summed E-state index contributed by atoms with van der Waals surface area (Å²) in [6.45, 7) is 3.30. The van der Waals surface area contributed by atoms with Crippen molar-refractivity contribution >= 4 is 5.97 Å². The molecule has 1 aliphatic heterocycles. The molecule has 0 spiro atoms. The SMILES string of the molecule is O=C(O)C1C=CC=C(CCCN2CCCCC2)C(F)=C1. The van der Waals surface area contributed by atoms with Crippen LogP contribution in [0.3, 0.4) is 0 Å². The Morgan fingerprint density at radius 1 is 1.35 bits per heavy atom. The fourth-order valence-corrected chi connectivity index (χ4v) is 2.72. The van der Waals surface area contributed by atoms with Crippen molar-refractivity contribution in [3.05, 3.63) is 35.7 Å². The Morgan fingerprint density at radius 3 is 2.80 bits per heavy atom. The van der Waals surface area contributed by atoms with Gasteiger partial charge in [0.15, 0.2) is 0 Å². The second-order valence-corrected chi connectivity index (χ2v) is 5.46. The van der Waals surface area contributed by atoms with Crippen LogP contribution < -0.4 is 0 Å². The molecule has 0 aromatic heterocycles. The summed E-state index contributed by atoms with van der Waals surface area (Å²) in [6, 6.07) is 0. The Morgan fingerprint density at radius 2 is 2.10 bits per heavy atom. The molecule has 110 valence electrons. The van der Waals surface area contributed by atoms with Crippen molar-refractivity contribution in [3.8, 4) is 0 Å². The van der Waals surface area contributed by atoms with Gasteiger partial charge in [0, 0.05) is 0 Å². The second kappa shape index (κ2) is 7.39. The van der Waals surface area contributed by atoms with E-state index in [-0.39, 0.29) is 5.83 Å². The molecule has 2 aliphatic rings. The van der Waals surface area contributed by atoms with Crippen LogP contribution in [-0.4, -0.2) is 35.6 Å². The van der Waals surface area contributed by atoms with Crippen LogP contribution in [0.15, 0.2) is 35.7 Å². The van der Waals surface area contributed by atoms with Gasteiger partial charge in [-0.05, 0) is 57.0 Å². The van der Waals surface area contributed by atoms with Crippen LogP contribution in [0.2, 0.25) is 0 Å². The van der Waals surface area contributed by atoms with E-state index in [9.17, 15) is 9.18 Å². The number of piperidine rings is 1. The van der Waals surface area contributed by atoms with Crippen molar-refractivity contribution in [1.29, 1.82) is 0 Å². The van der Waals surface area contributed by atoms with E-state index in [1.54, 1.807) is 12.2 Å². The first-order valence-corrected chi connectivity index (χ1v) is 7.37. The minimum absolute atomic E-state index is 0.388. The minimum Gasteiger partial charge on any atom is -0.481 e. The van der Waals surface area contributed by atoms with Crippen LogP contribution in [0.5, 0.6) is 0 Å². The number of carboxylic acids is 1. The van der Waals surface area contributed by atoms with E-state index >= 15 is 0 Å². The maximum Gasteiger partial charge on any atom is 0.314 e. The number of halogens is 1. The lowest BCUT2D eigenvalue weighted by molar-refractivity contribution is -0.138. The lowest BCUT2D eigenvalue weighted by Gasteiger charge is -2.26. The predicted octanol–water partition coefficient (Wildman–Crippen LogP) is 3.30. The largest absolute Gasteiger partial charge is 0.481 e. The zero-order chi connectivity index (χ0) is 14.4. The molecule has 1 heterocycles. The fourth-order valence-electron chi connectivity index (χ4n) is 2.72. The smallest absolute Gasteiger partial charge is 0.314 e. The van der Waals surface area contributed by atoms with Gasteiger partial charge in [-0.2, -0.15) is 0 Å². The topological polar surface area (TPSA) is 40.5 Å². The number of nitrogens with zero attached hydrogens (tertiary/aromatic N) is 1. The summed E-state index contributed by atoms with van der Waals surface area (Å²) < 4.78 is 14.0. The van der Waals surface area contributed by atoms with Gasteiger partial charge >= 0.3 is 5.97 Å². The van der Waals surface area contributed by atoms with Gasteiger partial charge in [-0.1, -0.05) is 24.6 Å². The van der Waals surface area contributed by atoms with Crippen LogP contribution in [0, 0.1) is 5.92 Å². The molecule has 1 unspecified atom stereocenters. The number of allylic oxidation sites excluding steroid dienone is 4. The van der Waals surface area contributed by atoms with E-state index < -0.39 is 11.9 Å². The Balaban J connectivity index is 1.83. The lowest BCUT2D eigenvalue weighted by atomic mass is 10.1. The first-order valence-electron chi connectivity index (χ1n) is 7.37. The van der Waals surface area contributed by atoms with Crippen molar-refractivity contribution in [2.24, 2.45) is 5.92 Å². The van der Waals surface area contributed by atoms with Crippen molar-refractivity contribution < 1.29 is 14.3 Å². The molecule has 1 N–H and O–H groups in total. The molecule has 1 fully saturated rings.